The van der Waals surface area contributed by atoms with Gasteiger partial charge in [-0.15, -0.1) is 0 Å². The van der Waals surface area contributed by atoms with E-state index in [9.17, 15) is 0 Å². The second-order valence-electron chi connectivity index (χ2n) is 10.2. The lowest BCUT2D eigenvalue weighted by molar-refractivity contribution is 0.137. The fourth-order valence-corrected chi connectivity index (χ4v) is 4.22. The van der Waals surface area contributed by atoms with Crippen LogP contribution in [0.15, 0.2) is 0 Å². The fourth-order valence-electron chi connectivity index (χ4n) is 4.22. The van der Waals surface area contributed by atoms with Crippen molar-refractivity contribution < 1.29 is 0 Å². The average Bonchev–Trinajstić information content (AvgIpc) is 2.44. The molecule has 0 saturated carbocycles. The Bertz CT molecular complexity index is 282. The molecule has 0 radical (unpaired) electrons. The summed E-state index contributed by atoms with van der Waals surface area (Å²) < 4.78 is 0. The Morgan fingerprint density at radius 3 is 1.46 bits per heavy atom. The SMILES string of the molecule is CCC(C)C(C)(C)CCC(C)C.CCCC(C)(C)C(CC)C(C)C. The van der Waals surface area contributed by atoms with Crippen LogP contribution in [0.4, 0.5) is 0 Å². The zero-order chi connectivity index (χ0) is 19.6. The molecule has 0 spiro atoms. The zero-order valence-corrected chi connectivity index (χ0v) is 19.6. The van der Waals surface area contributed by atoms with Crippen molar-refractivity contribution in [1.29, 1.82) is 0 Å². The summed E-state index contributed by atoms with van der Waals surface area (Å²) in [6, 6.07) is 0. The molecule has 0 saturated heterocycles. The molecule has 0 aromatic carbocycles. The van der Waals surface area contributed by atoms with E-state index in [1.165, 1.54) is 38.5 Å². The molecule has 24 heavy (non-hydrogen) atoms. The number of hydrogen-bond donors (Lipinski definition) is 0. The first kappa shape index (κ1) is 26.2. The van der Waals surface area contributed by atoms with Crippen molar-refractivity contribution in [2.45, 2.75) is 122 Å². The predicted molar refractivity (Wildman–Crippen MR) is 115 cm³/mol. The van der Waals surface area contributed by atoms with Gasteiger partial charge in [-0.2, -0.15) is 0 Å². The molecule has 0 heteroatoms. The Hall–Kier alpha value is 0. The van der Waals surface area contributed by atoms with Gasteiger partial charge in [-0.25, -0.2) is 0 Å². The normalized spacial score (nSPS) is 15.2. The number of rotatable bonds is 10. The van der Waals surface area contributed by atoms with Crippen LogP contribution < -0.4 is 0 Å². The van der Waals surface area contributed by atoms with Gasteiger partial charge in [-0.1, -0.05) is 109 Å². The summed E-state index contributed by atoms with van der Waals surface area (Å²) in [6.07, 6.45) is 8.06. The summed E-state index contributed by atoms with van der Waals surface area (Å²) in [5, 5.41) is 0. The van der Waals surface area contributed by atoms with E-state index in [1.54, 1.807) is 0 Å². The lowest BCUT2D eigenvalue weighted by atomic mass is 9.69. The van der Waals surface area contributed by atoms with Gasteiger partial charge in [-0.05, 0) is 47.3 Å². The summed E-state index contributed by atoms with van der Waals surface area (Å²) in [5.74, 6) is 3.43. The Labute approximate surface area is 156 Å². The molecule has 0 fully saturated rings. The van der Waals surface area contributed by atoms with Gasteiger partial charge in [0.1, 0.15) is 0 Å². The molecule has 0 aromatic rings. The molecule has 0 aliphatic rings. The highest BCUT2D eigenvalue weighted by atomic mass is 14.3. The summed E-state index contributed by atoms with van der Waals surface area (Å²) in [4.78, 5) is 0. The molecule has 0 bridgehead atoms. The minimum Gasteiger partial charge on any atom is -0.0654 e. The van der Waals surface area contributed by atoms with Gasteiger partial charge in [0, 0.05) is 0 Å². The van der Waals surface area contributed by atoms with Crippen LogP contribution in [-0.2, 0) is 0 Å². The minimum absolute atomic E-state index is 0.539. The highest BCUT2D eigenvalue weighted by molar-refractivity contribution is 4.79. The largest absolute Gasteiger partial charge is 0.0654 e. The monoisotopic (exact) mass is 340 g/mol. The smallest absolute Gasteiger partial charge is 0.0324 e. The third-order valence-electron chi connectivity index (χ3n) is 6.46. The molecule has 0 N–H and O–H groups in total. The van der Waals surface area contributed by atoms with Gasteiger partial charge in [-0.3, -0.25) is 0 Å². The maximum absolute atomic E-state index is 2.42. The molecule has 0 aliphatic heterocycles. The molecule has 0 aliphatic carbocycles. The van der Waals surface area contributed by atoms with Gasteiger partial charge in [0.15, 0.2) is 0 Å². The highest BCUT2D eigenvalue weighted by Gasteiger charge is 2.29. The third kappa shape index (κ3) is 10.8. The molecular formula is C24H52. The molecule has 0 nitrogen and oxygen atoms in total. The van der Waals surface area contributed by atoms with Gasteiger partial charge in [0.25, 0.3) is 0 Å². The van der Waals surface area contributed by atoms with Crippen LogP contribution in [0.5, 0.6) is 0 Å². The van der Waals surface area contributed by atoms with Gasteiger partial charge in [0.05, 0.1) is 0 Å². The summed E-state index contributed by atoms with van der Waals surface area (Å²) in [6.45, 7) is 28.3. The molecule has 0 rings (SSSR count). The average molecular weight is 341 g/mol. The highest BCUT2D eigenvalue weighted by Crippen LogP contribution is 2.38. The summed E-state index contributed by atoms with van der Waals surface area (Å²) >= 11 is 0. The standard InChI is InChI=1S/2C12H26/c1-7-11(4)12(5,6)9-8-10(2)3;1-7-9-12(5,6)11(8-2)10(3)4/h2*10-11H,7-9H2,1-6H3. The van der Waals surface area contributed by atoms with Crippen molar-refractivity contribution in [3.63, 3.8) is 0 Å². The zero-order valence-electron chi connectivity index (χ0n) is 19.6. The number of hydrogen-bond acceptors (Lipinski definition) is 0. The van der Waals surface area contributed by atoms with E-state index in [2.05, 4.69) is 83.1 Å². The van der Waals surface area contributed by atoms with E-state index in [0.717, 1.165) is 23.7 Å². The van der Waals surface area contributed by atoms with Crippen LogP contribution >= 0.6 is 0 Å². The molecule has 2 unspecified atom stereocenters. The van der Waals surface area contributed by atoms with Crippen LogP contribution in [0.3, 0.4) is 0 Å². The Kier molecular flexibility index (Phi) is 13.5. The second kappa shape index (κ2) is 12.4. The van der Waals surface area contributed by atoms with E-state index in [4.69, 9.17) is 0 Å². The van der Waals surface area contributed by atoms with Crippen molar-refractivity contribution in [2.24, 2.45) is 34.5 Å². The molecule has 2 atom stereocenters. The maximum atomic E-state index is 2.42. The molecule has 0 heterocycles. The van der Waals surface area contributed by atoms with Crippen molar-refractivity contribution >= 4 is 0 Å². The van der Waals surface area contributed by atoms with Gasteiger partial charge >= 0.3 is 0 Å². The van der Waals surface area contributed by atoms with Crippen LogP contribution in [0.1, 0.15) is 122 Å². The van der Waals surface area contributed by atoms with Crippen molar-refractivity contribution in [3.8, 4) is 0 Å². The lowest BCUT2D eigenvalue weighted by Crippen LogP contribution is -2.27. The first-order valence-corrected chi connectivity index (χ1v) is 10.9. The molecular weight excluding hydrogens is 288 g/mol. The Balaban J connectivity index is 0. The third-order valence-corrected chi connectivity index (χ3v) is 6.46. The Morgan fingerprint density at radius 1 is 0.667 bits per heavy atom. The maximum Gasteiger partial charge on any atom is -0.0324 e. The predicted octanol–water partition coefficient (Wildman–Crippen LogP) is 8.99. The van der Waals surface area contributed by atoms with Gasteiger partial charge in [0.2, 0.25) is 0 Å². The summed E-state index contributed by atoms with van der Waals surface area (Å²) in [7, 11) is 0. The van der Waals surface area contributed by atoms with Crippen molar-refractivity contribution in [1.82, 2.24) is 0 Å². The first-order valence-electron chi connectivity index (χ1n) is 10.9. The topological polar surface area (TPSA) is 0 Å². The van der Waals surface area contributed by atoms with Crippen molar-refractivity contribution in [2.75, 3.05) is 0 Å². The fraction of sp³-hybridized carbons (Fsp3) is 1.00. The Morgan fingerprint density at radius 2 is 1.17 bits per heavy atom. The van der Waals surface area contributed by atoms with E-state index >= 15 is 0 Å². The van der Waals surface area contributed by atoms with Crippen LogP contribution in [0.25, 0.3) is 0 Å². The van der Waals surface area contributed by atoms with Crippen molar-refractivity contribution in [3.05, 3.63) is 0 Å². The molecule has 148 valence electrons. The van der Waals surface area contributed by atoms with E-state index < -0.39 is 0 Å². The summed E-state index contributed by atoms with van der Waals surface area (Å²) in [5.41, 5.74) is 1.08. The van der Waals surface area contributed by atoms with E-state index in [1.807, 2.05) is 0 Å². The molecule has 0 amide bonds. The van der Waals surface area contributed by atoms with Crippen LogP contribution in [0.2, 0.25) is 0 Å². The minimum atomic E-state index is 0.539. The molecule has 0 aromatic heterocycles. The van der Waals surface area contributed by atoms with Crippen LogP contribution in [0, 0.1) is 34.5 Å². The quantitative estimate of drug-likeness (QED) is 0.372. The second-order valence-corrected chi connectivity index (χ2v) is 10.2. The van der Waals surface area contributed by atoms with Gasteiger partial charge < -0.3 is 0 Å². The van der Waals surface area contributed by atoms with E-state index in [0.29, 0.717) is 10.8 Å². The lowest BCUT2D eigenvalue weighted by Gasteiger charge is -2.36. The van der Waals surface area contributed by atoms with Crippen LogP contribution in [-0.4, -0.2) is 0 Å². The van der Waals surface area contributed by atoms with E-state index in [-0.39, 0.29) is 0 Å². The first-order chi connectivity index (χ1) is 10.9.